The van der Waals surface area contributed by atoms with E-state index >= 15 is 0 Å². The third-order valence-corrected chi connectivity index (χ3v) is 3.68. The average molecular weight is 219 g/mol. The quantitative estimate of drug-likeness (QED) is 0.730. The van der Waals surface area contributed by atoms with Crippen LogP contribution in [-0.4, -0.2) is 39.5 Å². The van der Waals surface area contributed by atoms with Gasteiger partial charge in [0.2, 0.25) is 0 Å². The number of rotatable bonds is 4. The summed E-state index contributed by atoms with van der Waals surface area (Å²) in [5, 5.41) is 13.1. The van der Waals surface area contributed by atoms with Crippen molar-refractivity contribution in [3.63, 3.8) is 0 Å². The zero-order valence-corrected chi connectivity index (χ0v) is 9.85. The summed E-state index contributed by atoms with van der Waals surface area (Å²) < 4.78 is 11.0. The molecule has 2 N–H and O–H groups in total. The lowest BCUT2D eigenvalue weighted by molar-refractivity contribution is 0.0873. The molecule has 0 aromatic carbocycles. The third-order valence-electron chi connectivity index (χ3n) is 2.71. The van der Waals surface area contributed by atoms with Crippen molar-refractivity contribution in [2.45, 2.75) is 50.8 Å². The molecule has 2 unspecified atom stereocenters. The minimum absolute atomic E-state index is 0.210. The molecule has 0 amide bonds. The van der Waals surface area contributed by atoms with Gasteiger partial charge in [0, 0.05) is 34.9 Å². The molecule has 0 heterocycles. The lowest BCUT2D eigenvalue weighted by Crippen LogP contribution is -2.47. The van der Waals surface area contributed by atoms with Gasteiger partial charge in [0.25, 0.3) is 0 Å². The van der Waals surface area contributed by atoms with Crippen LogP contribution in [0.2, 0.25) is 0 Å². The number of hydrogen-bond donors (Lipinski definition) is 2. The highest BCUT2D eigenvalue weighted by molar-refractivity contribution is 7.84. The van der Waals surface area contributed by atoms with Crippen molar-refractivity contribution in [3.8, 4) is 0 Å². The second-order valence-corrected chi connectivity index (χ2v) is 5.75. The van der Waals surface area contributed by atoms with E-state index in [2.05, 4.69) is 5.32 Å². The predicted molar refractivity (Wildman–Crippen MR) is 59.8 cm³/mol. The summed E-state index contributed by atoms with van der Waals surface area (Å²) in [4.78, 5) is 0. The first-order valence-electron chi connectivity index (χ1n) is 5.33. The largest absolute Gasteiger partial charge is 0.392 e. The molecule has 1 saturated carbocycles. The van der Waals surface area contributed by atoms with Gasteiger partial charge in [-0.2, -0.15) is 0 Å². The molecular formula is C10H21NO2S. The molecule has 4 heteroatoms. The van der Waals surface area contributed by atoms with Gasteiger partial charge >= 0.3 is 0 Å². The highest BCUT2D eigenvalue weighted by atomic mass is 32.2. The molecule has 0 radical (unpaired) electrons. The van der Waals surface area contributed by atoms with Gasteiger partial charge in [0.1, 0.15) is 0 Å². The van der Waals surface area contributed by atoms with Crippen LogP contribution in [0.3, 0.4) is 0 Å². The zero-order valence-electron chi connectivity index (χ0n) is 9.03. The van der Waals surface area contributed by atoms with Crippen molar-refractivity contribution < 1.29 is 9.32 Å². The monoisotopic (exact) mass is 219 g/mol. The fourth-order valence-corrected chi connectivity index (χ4v) is 2.87. The number of aliphatic hydroxyl groups is 1. The van der Waals surface area contributed by atoms with Crippen LogP contribution in [0.25, 0.3) is 0 Å². The van der Waals surface area contributed by atoms with Crippen molar-refractivity contribution >= 4 is 10.8 Å². The van der Waals surface area contributed by atoms with Gasteiger partial charge in [0.05, 0.1) is 6.10 Å². The molecule has 0 spiro atoms. The van der Waals surface area contributed by atoms with E-state index in [4.69, 9.17) is 0 Å². The van der Waals surface area contributed by atoms with E-state index in [1.165, 1.54) is 6.42 Å². The number of hydrogen-bond acceptors (Lipinski definition) is 3. The van der Waals surface area contributed by atoms with Crippen molar-refractivity contribution in [2.75, 3.05) is 12.0 Å². The Hall–Kier alpha value is 0.0700. The predicted octanol–water partition coefficient (Wildman–Crippen LogP) is 0.646. The maximum Gasteiger partial charge on any atom is 0.0693 e. The number of nitrogens with one attached hydrogen (secondary N) is 1. The molecule has 0 saturated heterocycles. The minimum atomic E-state index is -0.755. The molecule has 1 fully saturated rings. The van der Waals surface area contributed by atoms with Crippen LogP contribution in [0.4, 0.5) is 0 Å². The molecule has 3 nitrogen and oxygen atoms in total. The van der Waals surface area contributed by atoms with E-state index < -0.39 is 10.8 Å². The smallest absolute Gasteiger partial charge is 0.0693 e. The molecule has 4 atom stereocenters. The lowest BCUT2D eigenvalue weighted by atomic mass is 9.92. The molecule has 1 rings (SSSR count). The molecule has 0 aliphatic heterocycles. The Labute approximate surface area is 88.7 Å². The summed E-state index contributed by atoms with van der Waals surface area (Å²) in [7, 11) is -0.755. The Kier molecular flexibility index (Phi) is 5.06. The van der Waals surface area contributed by atoms with Crippen LogP contribution in [0.1, 0.15) is 32.6 Å². The average Bonchev–Trinajstić information content (AvgIpc) is 2.07. The van der Waals surface area contributed by atoms with Crippen LogP contribution in [0.5, 0.6) is 0 Å². The Morgan fingerprint density at radius 1 is 1.50 bits per heavy atom. The van der Waals surface area contributed by atoms with Gasteiger partial charge in [-0.05, 0) is 19.8 Å². The summed E-state index contributed by atoms with van der Waals surface area (Å²) in [5.74, 6) is 0.670. The van der Waals surface area contributed by atoms with Crippen molar-refractivity contribution in [2.24, 2.45) is 0 Å². The third kappa shape index (κ3) is 4.07. The summed E-state index contributed by atoms with van der Waals surface area (Å²) in [5.41, 5.74) is 0. The van der Waals surface area contributed by atoms with Gasteiger partial charge < -0.3 is 10.4 Å². The molecule has 0 aromatic rings. The maximum absolute atomic E-state index is 11.0. The Balaban J connectivity index is 2.30. The van der Waals surface area contributed by atoms with Crippen molar-refractivity contribution in [1.82, 2.24) is 5.32 Å². The highest BCUT2D eigenvalue weighted by Crippen LogP contribution is 2.18. The van der Waals surface area contributed by atoms with Crippen LogP contribution in [-0.2, 0) is 10.8 Å². The molecule has 14 heavy (non-hydrogen) atoms. The van der Waals surface area contributed by atoms with Crippen molar-refractivity contribution in [3.05, 3.63) is 0 Å². The fraction of sp³-hybridized carbons (Fsp3) is 1.00. The molecule has 1 aliphatic rings. The van der Waals surface area contributed by atoms with E-state index in [-0.39, 0.29) is 18.2 Å². The highest BCUT2D eigenvalue weighted by Gasteiger charge is 2.23. The molecule has 84 valence electrons. The maximum atomic E-state index is 11.0. The lowest BCUT2D eigenvalue weighted by Gasteiger charge is -2.30. The van der Waals surface area contributed by atoms with Crippen LogP contribution < -0.4 is 5.32 Å². The molecule has 1 aliphatic carbocycles. The van der Waals surface area contributed by atoms with Crippen LogP contribution in [0.15, 0.2) is 0 Å². The fourth-order valence-electron chi connectivity index (χ4n) is 2.07. The first-order valence-corrected chi connectivity index (χ1v) is 7.06. The summed E-state index contributed by atoms with van der Waals surface area (Å²) in [6, 6.07) is 0.445. The van der Waals surface area contributed by atoms with Crippen LogP contribution in [0, 0.1) is 0 Å². The van der Waals surface area contributed by atoms with E-state index in [1.807, 2.05) is 6.92 Å². The molecular weight excluding hydrogens is 198 g/mol. The minimum Gasteiger partial charge on any atom is -0.392 e. The van der Waals surface area contributed by atoms with Crippen LogP contribution >= 0.6 is 0 Å². The van der Waals surface area contributed by atoms with Gasteiger partial charge in [0.15, 0.2) is 0 Å². The van der Waals surface area contributed by atoms with Gasteiger partial charge in [-0.15, -0.1) is 0 Å². The second-order valence-electron chi connectivity index (χ2n) is 4.27. The SMILES string of the molecule is CC(CS(C)=O)N[C@H]1CCCC[C@@H]1O. The van der Waals surface area contributed by atoms with E-state index in [0.29, 0.717) is 5.75 Å². The van der Waals surface area contributed by atoms with E-state index in [1.54, 1.807) is 6.26 Å². The Morgan fingerprint density at radius 3 is 2.71 bits per heavy atom. The standard InChI is InChI=1S/C10H21NO2S/c1-8(7-14(2)13)11-9-5-3-4-6-10(9)12/h8-12H,3-7H2,1-2H3/t8?,9-,10-,14?/m0/s1. The van der Waals surface area contributed by atoms with Crippen molar-refractivity contribution in [1.29, 1.82) is 0 Å². The molecule has 0 aromatic heterocycles. The first-order chi connectivity index (χ1) is 6.59. The normalized spacial score (nSPS) is 32.5. The van der Waals surface area contributed by atoms with E-state index in [0.717, 1.165) is 19.3 Å². The summed E-state index contributed by atoms with van der Waals surface area (Å²) >= 11 is 0. The van der Waals surface area contributed by atoms with Gasteiger partial charge in [-0.25, -0.2) is 0 Å². The Morgan fingerprint density at radius 2 is 2.14 bits per heavy atom. The summed E-state index contributed by atoms with van der Waals surface area (Å²) in [6.07, 6.45) is 5.78. The topological polar surface area (TPSA) is 49.3 Å². The summed E-state index contributed by atoms with van der Waals surface area (Å²) in [6.45, 7) is 2.03. The number of aliphatic hydroxyl groups excluding tert-OH is 1. The zero-order chi connectivity index (χ0) is 10.6. The first kappa shape index (κ1) is 12.1. The van der Waals surface area contributed by atoms with Gasteiger partial charge in [-0.3, -0.25) is 4.21 Å². The second kappa shape index (κ2) is 5.83. The molecule has 0 bridgehead atoms. The Bertz CT molecular complexity index is 199. The van der Waals surface area contributed by atoms with E-state index in [9.17, 15) is 9.32 Å². The van der Waals surface area contributed by atoms with Gasteiger partial charge in [-0.1, -0.05) is 12.8 Å².